The van der Waals surface area contributed by atoms with E-state index in [0.29, 0.717) is 63.1 Å². The van der Waals surface area contributed by atoms with Crippen LogP contribution in [0.15, 0.2) is 23.9 Å². The van der Waals surface area contributed by atoms with Gasteiger partial charge in [0, 0.05) is 30.8 Å². The van der Waals surface area contributed by atoms with E-state index in [0.717, 1.165) is 35.7 Å². The molecular formula is C23H27F3N2O5S. The number of aromatic nitrogens is 2. The standard InChI is InChI=1S/C23H27F3N2O5S/c24-23(25,26)34(29,30)33-22-16(15-9-12-31-13-10-15)4-3-5-17-18(22)7-8-20-19(17)14-27-28(20)21-6-1-2-11-32-21/h7-8,14-15,21H,1-6,9-13H2. The van der Waals surface area contributed by atoms with Gasteiger partial charge in [0.2, 0.25) is 0 Å². The second kappa shape index (κ2) is 9.16. The first-order valence-corrected chi connectivity index (χ1v) is 13.1. The molecule has 34 heavy (non-hydrogen) atoms. The maximum atomic E-state index is 13.3. The van der Waals surface area contributed by atoms with E-state index in [4.69, 9.17) is 13.7 Å². The van der Waals surface area contributed by atoms with Crippen molar-refractivity contribution < 1.29 is 35.2 Å². The van der Waals surface area contributed by atoms with Crippen LogP contribution in [0.2, 0.25) is 0 Å². The predicted octanol–water partition coefficient (Wildman–Crippen LogP) is 5.08. The molecule has 1 aromatic heterocycles. The first kappa shape index (κ1) is 23.6. The zero-order valence-corrected chi connectivity index (χ0v) is 19.5. The summed E-state index contributed by atoms with van der Waals surface area (Å²) < 4.78 is 82.2. The number of hydrogen-bond donors (Lipinski definition) is 0. The van der Waals surface area contributed by atoms with Gasteiger partial charge in [-0.1, -0.05) is 0 Å². The Balaban J connectivity index is 1.64. The van der Waals surface area contributed by atoms with Gasteiger partial charge in [-0.3, -0.25) is 0 Å². The minimum absolute atomic E-state index is 0.0906. The fourth-order valence-electron chi connectivity index (χ4n) is 5.24. The number of nitrogens with zero attached hydrogens (tertiary/aromatic N) is 2. The van der Waals surface area contributed by atoms with Crippen LogP contribution in [0.4, 0.5) is 13.2 Å². The molecular weight excluding hydrogens is 473 g/mol. The third kappa shape index (κ3) is 4.33. The number of alkyl halides is 3. The summed E-state index contributed by atoms with van der Waals surface area (Å²) in [5, 5.41) is 5.31. The average Bonchev–Trinajstić information content (AvgIpc) is 3.17. The van der Waals surface area contributed by atoms with Crippen LogP contribution >= 0.6 is 0 Å². The lowest BCUT2D eigenvalue weighted by Crippen LogP contribution is -2.26. The molecule has 2 saturated heterocycles. The molecule has 1 aliphatic carbocycles. The smallest absolute Gasteiger partial charge is 0.381 e. The Morgan fingerprint density at radius 2 is 1.82 bits per heavy atom. The highest BCUT2D eigenvalue weighted by atomic mass is 32.2. The molecule has 0 radical (unpaired) electrons. The van der Waals surface area contributed by atoms with Crippen LogP contribution in [0.25, 0.3) is 16.7 Å². The van der Waals surface area contributed by atoms with Crippen molar-refractivity contribution in [2.45, 2.75) is 63.1 Å². The molecule has 2 aliphatic heterocycles. The molecule has 0 bridgehead atoms. The van der Waals surface area contributed by atoms with Crippen LogP contribution < -0.4 is 0 Å². The molecule has 0 spiro atoms. The van der Waals surface area contributed by atoms with Gasteiger partial charge in [0.1, 0.15) is 5.76 Å². The minimum Gasteiger partial charge on any atom is -0.381 e. The molecule has 186 valence electrons. The largest absolute Gasteiger partial charge is 0.534 e. The second-order valence-corrected chi connectivity index (χ2v) is 10.6. The van der Waals surface area contributed by atoms with Crippen molar-refractivity contribution in [2.24, 2.45) is 5.92 Å². The van der Waals surface area contributed by atoms with Gasteiger partial charge < -0.3 is 13.7 Å². The lowest BCUT2D eigenvalue weighted by atomic mass is 9.87. The summed E-state index contributed by atoms with van der Waals surface area (Å²) in [4.78, 5) is 0. The average molecular weight is 501 g/mol. The molecule has 1 atom stereocenters. The SMILES string of the molecule is O=S(=O)(OC1=C(C2CCOCC2)CCCc2c1ccc1c2cnn1C1CCCCO1)C(F)(F)F. The lowest BCUT2D eigenvalue weighted by Gasteiger charge is -2.27. The van der Waals surface area contributed by atoms with Crippen molar-refractivity contribution in [1.82, 2.24) is 9.78 Å². The summed E-state index contributed by atoms with van der Waals surface area (Å²) in [6.45, 7) is 1.61. The molecule has 1 aromatic carbocycles. The van der Waals surface area contributed by atoms with E-state index in [9.17, 15) is 21.6 Å². The molecule has 3 heterocycles. The van der Waals surface area contributed by atoms with Crippen molar-refractivity contribution in [3.63, 3.8) is 0 Å². The van der Waals surface area contributed by atoms with Gasteiger partial charge >= 0.3 is 15.6 Å². The highest BCUT2D eigenvalue weighted by molar-refractivity contribution is 7.87. The van der Waals surface area contributed by atoms with E-state index in [1.807, 2.05) is 4.68 Å². The predicted molar refractivity (Wildman–Crippen MR) is 118 cm³/mol. The first-order valence-electron chi connectivity index (χ1n) is 11.7. The van der Waals surface area contributed by atoms with Gasteiger partial charge in [0.05, 0.1) is 11.7 Å². The monoisotopic (exact) mass is 500 g/mol. The van der Waals surface area contributed by atoms with Crippen LogP contribution in [-0.4, -0.2) is 43.5 Å². The maximum Gasteiger partial charge on any atom is 0.534 e. The van der Waals surface area contributed by atoms with Crippen LogP contribution in [0.1, 0.15) is 62.3 Å². The summed E-state index contributed by atoms with van der Waals surface area (Å²) in [7, 11) is -5.82. The Bertz CT molecular complexity index is 1190. The molecule has 11 heteroatoms. The molecule has 7 nitrogen and oxygen atoms in total. The molecule has 3 aliphatic rings. The summed E-state index contributed by atoms with van der Waals surface area (Å²) in [6.07, 6.45) is 7.31. The molecule has 2 fully saturated rings. The number of fused-ring (bicyclic) bond motifs is 3. The fraction of sp³-hybridized carbons (Fsp3) is 0.609. The van der Waals surface area contributed by atoms with Gasteiger partial charge in [0.25, 0.3) is 0 Å². The van der Waals surface area contributed by atoms with Crippen molar-refractivity contribution in [2.75, 3.05) is 19.8 Å². The van der Waals surface area contributed by atoms with E-state index < -0.39 is 15.6 Å². The molecule has 0 amide bonds. The van der Waals surface area contributed by atoms with Gasteiger partial charge in [-0.2, -0.15) is 26.7 Å². The van der Waals surface area contributed by atoms with Gasteiger partial charge in [-0.15, -0.1) is 0 Å². The van der Waals surface area contributed by atoms with E-state index in [1.54, 1.807) is 18.3 Å². The zero-order chi connectivity index (χ0) is 23.9. The Morgan fingerprint density at radius 1 is 1.03 bits per heavy atom. The van der Waals surface area contributed by atoms with Crippen LogP contribution in [0.3, 0.4) is 0 Å². The van der Waals surface area contributed by atoms with E-state index in [1.165, 1.54) is 0 Å². The number of rotatable bonds is 4. The number of hydrogen-bond acceptors (Lipinski definition) is 6. The van der Waals surface area contributed by atoms with E-state index in [-0.39, 0.29) is 17.9 Å². The number of benzene rings is 1. The molecule has 0 saturated carbocycles. The summed E-state index contributed by atoms with van der Waals surface area (Å²) >= 11 is 0. The summed E-state index contributed by atoms with van der Waals surface area (Å²) in [6, 6.07) is 3.44. The zero-order valence-electron chi connectivity index (χ0n) is 18.6. The van der Waals surface area contributed by atoms with Crippen molar-refractivity contribution in [3.05, 3.63) is 35.0 Å². The van der Waals surface area contributed by atoms with Crippen LogP contribution in [0, 0.1) is 5.92 Å². The van der Waals surface area contributed by atoms with E-state index >= 15 is 0 Å². The molecule has 2 aromatic rings. The van der Waals surface area contributed by atoms with Gasteiger partial charge in [-0.05, 0) is 80.6 Å². The van der Waals surface area contributed by atoms with Crippen LogP contribution in [0.5, 0.6) is 0 Å². The minimum atomic E-state index is -5.82. The Hall–Kier alpha value is -2.11. The number of aryl methyl sites for hydroxylation is 1. The maximum absolute atomic E-state index is 13.3. The van der Waals surface area contributed by atoms with Crippen LogP contribution in [-0.2, 0) is 30.2 Å². The lowest BCUT2D eigenvalue weighted by molar-refractivity contribution is -0.0510. The number of halogens is 3. The normalized spacial score (nSPS) is 23.1. The first-order chi connectivity index (χ1) is 16.3. The molecule has 5 rings (SSSR count). The van der Waals surface area contributed by atoms with Crippen molar-refractivity contribution >= 4 is 26.8 Å². The highest BCUT2D eigenvalue weighted by Crippen LogP contribution is 2.43. The summed E-state index contributed by atoms with van der Waals surface area (Å²) in [5.74, 6) is -0.271. The Morgan fingerprint density at radius 3 is 2.53 bits per heavy atom. The highest BCUT2D eigenvalue weighted by Gasteiger charge is 2.49. The summed E-state index contributed by atoms with van der Waals surface area (Å²) in [5.41, 5.74) is -2.92. The van der Waals surface area contributed by atoms with Crippen molar-refractivity contribution in [1.29, 1.82) is 0 Å². The third-order valence-corrected chi connectivity index (χ3v) is 7.87. The van der Waals surface area contributed by atoms with Gasteiger partial charge in [0.15, 0.2) is 6.23 Å². The Kier molecular flexibility index (Phi) is 6.36. The fourth-order valence-corrected chi connectivity index (χ4v) is 5.75. The second-order valence-electron chi connectivity index (χ2n) is 9.01. The quantitative estimate of drug-likeness (QED) is 0.431. The number of ether oxygens (including phenoxy) is 2. The Labute approximate surface area is 196 Å². The van der Waals surface area contributed by atoms with Crippen molar-refractivity contribution in [3.8, 4) is 0 Å². The topological polar surface area (TPSA) is 79.7 Å². The molecule has 1 unspecified atom stereocenters. The van der Waals surface area contributed by atoms with Gasteiger partial charge in [-0.25, -0.2) is 4.68 Å². The third-order valence-electron chi connectivity index (χ3n) is 6.92. The number of allylic oxidation sites excluding steroid dienone is 1. The van der Waals surface area contributed by atoms with E-state index in [2.05, 4.69) is 5.10 Å². The molecule has 0 N–H and O–H groups in total.